The van der Waals surface area contributed by atoms with Crippen LogP contribution in [0, 0.1) is 0 Å². The standard InChI is InChI=1S/C14H13BrN2O/c1-2-13(17-8-7-16-10-17)14(18)12-6-4-3-5-11(12)9-15/h2-8,10H,9H2,1H3/b13-2-. The highest BCUT2D eigenvalue weighted by Crippen LogP contribution is 2.19. The number of benzene rings is 1. The smallest absolute Gasteiger partial charge is 0.209 e. The Bertz CT molecular complexity index is 573. The number of allylic oxidation sites excluding steroid dienone is 2. The fourth-order valence-corrected chi connectivity index (χ4v) is 2.28. The summed E-state index contributed by atoms with van der Waals surface area (Å²) in [7, 11) is 0. The van der Waals surface area contributed by atoms with Gasteiger partial charge in [-0.2, -0.15) is 0 Å². The van der Waals surface area contributed by atoms with Crippen LogP contribution < -0.4 is 0 Å². The molecule has 1 aromatic carbocycles. The summed E-state index contributed by atoms with van der Waals surface area (Å²) in [5.41, 5.74) is 2.32. The molecule has 3 nitrogen and oxygen atoms in total. The molecule has 0 aliphatic rings. The third-order valence-corrected chi connectivity index (χ3v) is 3.30. The van der Waals surface area contributed by atoms with Gasteiger partial charge in [-0.15, -0.1) is 0 Å². The third-order valence-electron chi connectivity index (χ3n) is 2.69. The van der Waals surface area contributed by atoms with E-state index in [1.54, 1.807) is 29.4 Å². The zero-order valence-corrected chi connectivity index (χ0v) is 11.6. The van der Waals surface area contributed by atoms with E-state index in [-0.39, 0.29) is 5.78 Å². The fraction of sp³-hybridized carbons (Fsp3) is 0.143. The quantitative estimate of drug-likeness (QED) is 0.492. The van der Waals surface area contributed by atoms with Crippen molar-refractivity contribution in [2.24, 2.45) is 0 Å². The molecule has 0 fully saturated rings. The topological polar surface area (TPSA) is 34.9 Å². The van der Waals surface area contributed by atoms with E-state index in [9.17, 15) is 4.79 Å². The lowest BCUT2D eigenvalue weighted by Crippen LogP contribution is -2.10. The lowest BCUT2D eigenvalue weighted by atomic mass is 10.0. The van der Waals surface area contributed by atoms with Gasteiger partial charge in [-0.3, -0.25) is 4.79 Å². The molecule has 0 bridgehead atoms. The molecule has 0 amide bonds. The maximum Gasteiger partial charge on any atom is 0.209 e. The molecule has 0 aliphatic heterocycles. The zero-order chi connectivity index (χ0) is 13.0. The third kappa shape index (κ3) is 2.43. The number of alkyl halides is 1. The van der Waals surface area contributed by atoms with Crippen LogP contribution in [0.25, 0.3) is 5.70 Å². The summed E-state index contributed by atoms with van der Waals surface area (Å²) in [6.07, 6.45) is 6.86. The summed E-state index contributed by atoms with van der Waals surface area (Å²) < 4.78 is 1.73. The van der Waals surface area contributed by atoms with Gasteiger partial charge in [0.25, 0.3) is 0 Å². The average Bonchev–Trinajstić information content (AvgIpc) is 2.93. The molecule has 0 saturated heterocycles. The van der Waals surface area contributed by atoms with E-state index < -0.39 is 0 Å². The lowest BCUT2D eigenvalue weighted by molar-refractivity contribution is 0.105. The molecule has 18 heavy (non-hydrogen) atoms. The number of Topliss-reactive ketones (excluding diaryl/α,β-unsaturated/α-hetero) is 1. The maximum atomic E-state index is 12.5. The second-order valence-corrected chi connectivity index (χ2v) is 4.32. The van der Waals surface area contributed by atoms with Crippen LogP contribution in [0.1, 0.15) is 22.8 Å². The van der Waals surface area contributed by atoms with Crippen molar-refractivity contribution in [3.8, 4) is 0 Å². The first-order chi connectivity index (χ1) is 8.77. The molecule has 0 spiro atoms. The highest BCUT2D eigenvalue weighted by Gasteiger charge is 2.15. The molecule has 0 aliphatic carbocycles. The predicted molar refractivity (Wildman–Crippen MR) is 75.6 cm³/mol. The van der Waals surface area contributed by atoms with E-state index in [0.717, 1.165) is 11.1 Å². The van der Waals surface area contributed by atoms with Crippen LogP contribution >= 0.6 is 15.9 Å². The Morgan fingerprint density at radius 2 is 2.22 bits per heavy atom. The fourth-order valence-electron chi connectivity index (χ4n) is 1.80. The zero-order valence-electron chi connectivity index (χ0n) is 10.0. The molecule has 2 aromatic rings. The predicted octanol–water partition coefficient (Wildman–Crippen LogP) is 3.52. The van der Waals surface area contributed by atoms with Crippen LogP contribution in [-0.2, 0) is 5.33 Å². The molecule has 0 atom stereocenters. The Kier molecular flexibility index (Phi) is 4.10. The second kappa shape index (κ2) is 5.78. The second-order valence-electron chi connectivity index (χ2n) is 3.76. The SMILES string of the molecule is C/C=C(/C(=O)c1ccccc1CBr)n1ccnc1. The van der Waals surface area contributed by atoms with Crippen molar-refractivity contribution in [2.45, 2.75) is 12.3 Å². The number of carbonyl (C=O) groups excluding carboxylic acids is 1. The number of nitrogens with zero attached hydrogens (tertiary/aromatic N) is 2. The first-order valence-corrected chi connectivity index (χ1v) is 6.73. The van der Waals surface area contributed by atoms with Crippen LogP contribution in [0.3, 0.4) is 0 Å². The number of rotatable bonds is 4. The number of hydrogen-bond acceptors (Lipinski definition) is 2. The van der Waals surface area contributed by atoms with Crippen LogP contribution in [0.4, 0.5) is 0 Å². The average molecular weight is 305 g/mol. The van der Waals surface area contributed by atoms with Gasteiger partial charge >= 0.3 is 0 Å². The van der Waals surface area contributed by atoms with Crippen LogP contribution in [-0.4, -0.2) is 15.3 Å². The maximum absolute atomic E-state index is 12.5. The highest BCUT2D eigenvalue weighted by atomic mass is 79.9. The van der Waals surface area contributed by atoms with Gasteiger partial charge in [0, 0.05) is 23.3 Å². The van der Waals surface area contributed by atoms with Gasteiger partial charge in [-0.1, -0.05) is 46.3 Å². The van der Waals surface area contributed by atoms with Crippen molar-refractivity contribution < 1.29 is 4.79 Å². The van der Waals surface area contributed by atoms with E-state index in [1.807, 2.05) is 31.2 Å². The molecule has 92 valence electrons. The normalized spacial score (nSPS) is 11.6. The van der Waals surface area contributed by atoms with Crippen LogP contribution in [0.2, 0.25) is 0 Å². The summed E-state index contributed by atoms with van der Waals surface area (Å²) in [5.74, 6) is 0.00514. The molecule has 4 heteroatoms. The summed E-state index contributed by atoms with van der Waals surface area (Å²) in [4.78, 5) is 16.5. The number of imidazole rings is 1. The van der Waals surface area contributed by atoms with E-state index in [0.29, 0.717) is 11.0 Å². The number of halogens is 1. The minimum atomic E-state index is 0.00514. The summed E-state index contributed by atoms with van der Waals surface area (Å²) >= 11 is 3.41. The number of aromatic nitrogens is 2. The van der Waals surface area contributed by atoms with Gasteiger partial charge < -0.3 is 4.57 Å². The van der Waals surface area contributed by atoms with Crippen molar-refractivity contribution in [1.82, 2.24) is 9.55 Å². The first-order valence-electron chi connectivity index (χ1n) is 5.61. The molecular weight excluding hydrogens is 292 g/mol. The lowest BCUT2D eigenvalue weighted by Gasteiger charge is -2.09. The molecule has 1 heterocycles. The van der Waals surface area contributed by atoms with Crippen molar-refractivity contribution in [2.75, 3.05) is 0 Å². The van der Waals surface area contributed by atoms with Crippen molar-refractivity contribution in [1.29, 1.82) is 0 Å². The monoisotopic (exact) mass is 304 g/mol. The number of hydrogen-bond donors (Lipinski definition) is 0. The Morgan fingerprint density at radius 3 is 2.83 bits per heavy atom. The molecule has 1 aromatic heterocycles. The van der Waals surface area contributed by atoms with Gasteiger partial charge in [0.05, 0.1) is 12.0 Å². The highest BCUT2D eigenvalue weighted by molar-refractivity contribution is 9.08. The Hall–Kier alpha value is -1.68. The number of ketones is 1. The molecule has 0 saturated carbocycles. The Balaban J connectivity index is 2.42. The minimum Gasteiger partial charge on any atom is -0.303 e. The van der Waals surface area contributed by atoms with Gasteiger partial charge in [0.1, 0.15) is 0 Å². The Labute approximate surface area is 114 Å². The van der Waals surface area contributed by atoms with E-state index in [1.165, 1.54) is 0 Å². The van der Waals surface area contributed by atoms with Crippen molar-refractivity contribution in [3.05, 3.63) is 60.2 Å². The van der Waals surface area contributed by atoms with Crippen LogP contribution in [0.5, 0.6) is 0 Å². The van der Waals surface area contributed by atoms with Gasteiger partial charge in [0.2, 0.25) is 5.78 Å². The van der Waals surface area contributed by atoms with E-state index in [4.69, 9.17) is 0 Å². The van der Waals surface area contributed by atoms with Crippen molar-refractivity contribution >= 4 is 27.4 Å². The first kappa shape index (κ1) is 12.8. The molecule has 0 unspecified atom stereocenters. The summed E-state index contributed by atoms with van der Waals surface area (Å²) in [6, 6.07) is 7.60. The number of carbonyl (C=O) groups is 1. The molecule has 2 rings (SSSR count). The molecule has 0 N–H and O–H groups in total. The Morgan fingerprint density at radius 1 is 1.44 bits per heavy atom. The van der Waals surface area contributed by atoms with Gasteiger partial charge in [0.15, 0.2) is 0 Å². The summed E-state index contributed by atoms with van der Waals surface area (Å²) in [6.45, 7) is 1.85. The van der Waals surface area contributed by atoms with E-state index in [2.05, 4.69) is 20.9 Å². The summed E-state index contributed by atoms with van der Waals surface area (Å²) in [5, 5.41) is 0.663. The van der Waals surface area contributed by atoms with Gasteiger partial charge in [-0.25, -0.2) is 4.98 Å². The minimum absolute atomic E-state index is 0.00514. The molecular formula is C14H13BrN2O. The largest absolute Gasteiger partial charge is 0.303 e. The van der Waals surface area contributed by atoms with Crippen LogP contribution in [0.15, 0.2) is 49.1 Å². The van der Waals surface area contributed by atoms with Gasteiger partial charge in [-0.05, 0) is 12.5 Å². The molecule has 0 radical (unpaired) electrons. The van der Waals surface area contributed by atoms with Crippen molar-refractivity contribution in [3.63, 3.8) is 0 Å². The van der Waals surface area contributed by atoms with E-state index >= 15 is 0 Å².